The molecule has 33 heavy (non-hydrogen) atoms. The predicted octanol–water partition coefficient (Wildman–Crippen LogP) is 5.92. The second-order valence-corrected chi connectivity index (χ2v) is 8.86. The number of phenols is 1. The molecule has 0 saturated heterocycles. The molecule has 0 aliphatic carbocycles. The number of phenolic OH excluding ortho intramolecular Hbond substituents is 1. The Morgan fingerprint density at radius 1 is 1.12 bits per heavy atom. The molecule has 172 valence electrons. The number of fused-ring (bicyclic) bond motifs is 1. The van der Waals surface area contributed by atoms with Crippen LogP contribution in [0.3, 0.4) is 0 Å². The van der Waals surface area contributed by atoms with Gasteiger partial charge >= 0.3 is 6.09 Å². The van der Waals surface area contributed by atoms with Crippen molar-refractivity contribution in [1.82, 2.24) is 5.48 Å². The summed E-state index contributed by atoms with van der Waals surface area (Å²) in [4.78, 5) is 24.0. The molecule has 7 nitrogen and oxygen atoms in total. The van der Waals surface area contributed by atoms with Crippen molar-refractivity contribution in [2.24, 2.45) is 5.92 Å². The summed E-state index contributed by atoms with van der Waals surface area (Å²) in [6, 6.07) is 18.5. The summed E-state index contributed by atoms with van der Waals surface area (Å²) in [6.45, 7) is 1.91. The van der Waals surface area contributed by atoms with Crippen LogP contribution in [0.5, 0.6) is 5.75 Å². The third-order valence-electron chi connectivity index (χ3n) is 5.24. The number of allylic oxidation sites excluding steroid dienone is 1. The number of anilines is 1. The third kappa shape index (κ3) is 6.69. The maximum atomic E-state index is 12.9. The molecule has 0 aromatic heterocycles. The lowest BCUT2D eigenvalue weighted by Crippen LogP contribution is -2.22. The number of aromatic hydroxyl groups is 1. The van der Waals surface area contributed by atoms with Gasteiger partial charge in [0.05, 0.1) is 5.69 Å². The fourth-order valence-electron chi connectivity index (χ4n) is 3.57. The number of carbonyl (C=O) groups excluding carboxylic acids is 2. The molecular formula is C25H25IN2O5. The molecule has 3 aromatic rings. The van der Waals surface area contributed by atoms with Gasteiger partial charge in [0.1, 0.15) is 11.9 Å². The Hall–Kier alpha value is -3.11. The Balaban J connectivity index is 1.79. The van der Waals surface area contributed by atoms with Crippen LogP contribution in [-0.2, 0) is 9.53 Å². The first-order chi connectivity index (χ1) is 15.9. The number of hydrogen-bond acceptors (Lipinski definition) is 5. The molecule has 4 N–H and O–H groups in total. The molecule has 0 heterocycles. The van der Waals surface area contributed by atoms with E-state index in [1.165, 1.54) is 6.08 Å². The Morgan fingerprint density at radius 3 is 2.67 bits per heavy atom. The van der Waals surface area contributed by atoms with Crippen molar-refractivity contribution in [1.29, 1.82) is 0 Å². The standard InChI is InChI=1S/C25H25IN2O5/c1-16(7-2-5-12-23(30)28-32)24(20-15-18(26)13-14-22(20)29)33-25(31)27-21-11-6-9-17-8-3-4-10-19(17)21/h3-6,8-16,24,29,32H,2,7H2,1H3,(H,27,31)(H,28,30)/b12-5+/t16-,24-/m0/s1. The van der Waals surface area contributed by atoms with Crippen LogP contribution in [0.25, 0.3) is 10.8 Å². The number of benzene rings is 3. The van der Waals surface area contributed by atoms with Crippen LogP contribution in [0.2, 0.25) is 0 Å². The van der Waals surface area contributed by atoms with Gasteiger partial charge in [0.2, 0.25) is 0 Å². The minimum absolute atomic E-state index is 0.0421. The smallest absolute Gasteiger partial charge is 0.412 e. The highest BCUT2D eigenvalue weighted by Crippen LogP contribution is 2.36. The van der Waals surface area contributed by atoms with Crippen LogP contribution >= 0.6 is 22.6 Å². The molecule has 0 unspecified atom stereocenters. The first kappa shape index (κ1) is 24.5. The van der Waals surface area contributed by atoms with E-state index in [4.69, 9.17) is 9.94 Å². The Bertz CT molecular complexity index is 1160. The van der Waals surface area contributed by atoms with Crippen LogP contribution in [0.15, 0.2) is 72.8 Å². The molecule has 3 rings (SSSR count). The molecule has 0 aliphatic heterocycles. The van der Waals surface area contributed by atoms with E-state index in [-0.39, 0.29) is 11.7 Å². The van der Waals surface area contributed by atoms with E-state index in [2.05, 4.69) is 27.9 Å². The second-order valence-electron chi connectivity index (χ2n) is 7.61. The highest BCUT2D eigenvalue weighted by atomic mass is 127. The first-order valence-corrected chi connectivity index (χ1v) is 11.5. The minimum Gasteiger partial charge on any atom is -0.508 e. The van der Waals surface area contributed by atoms with Crippen molar-refractivity contribution in [3.8, 4) is 5.75 Å². The van der Waals surface area contributed by atoms with E-state index in [1.54, 1.807) is 29.8 Å². The van der Waals surface area contributed by atoms with Crippen LogP contribution < -0.4 is 10.8 Å². The number of hydrogen-bond donors (Lipinski definition) is 4. The van der Waals surface area contributed by atoms with Gasteiger partial charge in [-0.25, -0.2) is 10.3 Å². The topological polar surface area (TPSA) is 108 Å². The summed E-state index contributed by atoms with van der Waals surface area (Å²) < 4.78 is 6.73. The molecule has 2 atom stereocenters. The monoisotopic (exact) mass is 560 g/mol. The molecule has 8 heteroatoms. The SMILES string of the molecule is C[C@@H](CC/C=C/C(=O)NO)[C@H](OC(=O)Nc1cccc2ccccc12)c1cc(I)ccc1O. The van der Waals surface area contributed by atoms with Gasteiger partial charge in [0, 0.05) is 20.6 Å². The van der Waals surface area contributed by atoms with Gasteiger partial charge in [-0.15, -0.1) is 0 Å². The van der Waals surface area contributed by atoms with E-state index in [0.717, 1.165) is 14.3 Å². The Morgan fingerprint density at radius 2 is 1.88 bits per heavy atom. The highest BCUT2D eigenvalue weighted by Gasteiger charge is 2.26. The lowest BCUT2D eigenvalue weighted by molar-refractivity contribution is -0.124. The summed E-state index contributed by atoms with van der Waals surface area (Å²) >= 11 is 2.14. The molecule has 2 amide bonds. The lowest BCUT2D eigenvalue weighted by atomic mass is 9.92. The third-order valence-corrected chi connectivity index (χ3v) is 5.91. The van der Waals surface area contributed by atoms with Crippen molar-refractivity contribution >= 4 is 51.1 Å². The van der Waals surface area contributed by atoms with Gasteiger partial charge in [0.15, 0.2) is 0 Å². The van der Waals surface area contributed by atoms with E-state index in [1.807, 2.05) is 49.4 Å². The predicted molar refractivity (Wildman–Crippen MR) is 135 cm³/mol. The normalized spacial score (nSPS) is 12.9. The number of amides is 2. The highest BCUT2D eigenvalue weighted by molar-refractivity contribution is 14.1. The van der Waals surface area contributed by atoms with Gasteiger partial charge in [0.25, 0.3) is 5.91 Å². The van der Waals surface area contributed by atoms with E-state index < -0.39 is 18.1 Å². The van der Waals surface area contributed by atoms with E-state index in [9.17, 15) is 14.7 Å². The maximum absolute atomic E-state index is 12.9. The van der Waals surface area contributed by atoms with Crippen LogP contribution in [0.1, 0.15) is 31.4 Å². The number of carbonyl (C=O) groups is 2. The molecule has 0 aliphatic rings. The minimum atomic E-state index is -0.713. The van der Waals surface area contributed by atoms with Crippen LogP contribution in [-0.4, -0.2) is 22.3 Å². The summed E-state index contributed by atoms with van der Waals surface area (Å²) in [5, 5.41) is 23.8. The van der Waals surface area contributed by atoms with Crippen molar-refractivity contribution in [3.05, 3.63) is 81.9 Å². The largest absolute Gasteiger partial charge is 0.508 e. The number of hydroxylamine groups is 1. The molecule has 0 radical (unpaired) electrons. The van der Waals surface area contributed by atoms with Gasteiger partial charge < -0.3 is 9.84 Å². The van der Waals surface area contributed by atoms with Crippen molar-refractivity contribution in [3.63, 3.8) is 0 Å². The zero-order valence-corrected chi connectivity index (χ0v) is 20.2. The summed E-state index contributed by atoms with van der Waals surface area (Å²) in [5.74, 6) is -0.741. The molecule has 0 spiro atoms. The molecular weight excluding hydrogens is 535 g/mol. The summed E-state index contributed by atoms with van der Waals surface area (Å²) in [6.07, 6.45) is 2.62. The van der Waals surface area contributed by atoms with Gasteiger partial charge in [-0.2, -0.15) is 0 Å². The second kappa shape index (κ2) is 11.7. The average Bonchev–Trinajstić information content (AvgIpc) is 2.82. The fourth-order valence-corrected chi connectivity index (χ4v) is 4.08. The number of halogens is 1. The fraction of sp³-hybridized carbons (Fsp3) is 0.200. The quantitative estimate of drug-likeness (QED) is 0.119. The van der Waals surface area contributed by atoms with E-state index >= 15 is 0 Å². The number of nitrogens with one attached hydrogen (secondary N) is 2. The van der Waals surface area contributed by atoms with E-state index in [0.29, 0.717) is 24.1 Å². The van der Waals surface area contributed by atoms with Gasteiger partial charge in [-0.3, -0.25) is 15.3 Å². The van der Waals surface area contributed by atoms with Crippen molar-refractivity contribution in [2.45, 2.75) is 25.9 Å². The van der Waals surface area contributed by atoms with Crippen molar-refractivity contribution in [2.75, 3.05) is 5.32 Å². The summed E-state index contributed by atoms with van der Waals surface area (Å²) in [5.41, 5.74) is 2.69. The molecule has 3 aromatic carbocycles. The van der Waals surface area contributed by atoms with Gasteiger partial charge in [-0.1, -0.05) is 49.4 Å². The average molecular weight is 560 g/mol. The Labute approximate surface area is 205 Å². The number of rotatable bonds is 8. The molecule has 0 fully saturated rings. The summed E-state index contributed by atoms with van der Waals surface area (Å²) in [7, 11) is 0. The molecule has 0 saturated carbocycles. The maximum Gasteiger partial charge on any atom is 0.412 e. The molecule has 0 bridgehead atoms. The number of ether oxygens (including phenoxy) is 1. The van der Waals surface area contributed by atoms with Crippen molar-refractivity contribution < 1.29 is 24.6 Å². The van der Waals surface area contributed by atoms with Crippen LogP contribution in [0.4, 0.5) is 10.5 Å². The van der Waals surface area contributed by atoms with Crippen LogP contribution in [0, 0.1) is 9.49 Å². The lowest BCUT2D eigenvalue weighted by Gasteiger charge is -2.25. The Kier molecular flexibility index (Phi) is 8.67. The zero-order chi connectivity index (χ0) is 23.8. The zero-order valence-electron chi connectivity index (χ0n) is 18.0. The van der Waals surface area contributed by atoms with Gasteiger partial charge in [-0.05, 0) is 71.0 Å². The first-order valence-electron chi connectivity index (χ1n) is 10.4.